The van der Waals surface area contributed by atoms with Crippen LogP contribution in [0.15, 0.2) is 24.3 Å². The number of hydrogen-bond donors (Lipinski definition) is 2. The van der Waals surface area contributed by atoms with Crippen molar-refractivity contribution in [2.45, 2.75) is 45.8 Å². The normalized spacial score (nSPS) is 14.8. The van der Waals surface area contributed by atoms with E-state index in [4.69, 9.17) is 0 Å². The zero-order valence-corrected chi connectivity index (χ0v) is 10.5. The number of aryl methyl sites for hydroxylation is 1. The number of rotatable bonds is 6. The summed E-state index contributed by atoms with van der Waals surface area (Å²) in [6.07, 6.45) is 1.93. The zero-order chi connectivity index (χ0) is 12.0. The van der Waals surface area contributed by atoms with Gasteiger partial charge >= 0.3 is 0 Å². The summed E-state index contributed by atoms with van der Waals surface area (Å²) in [5.41, 5.74) is 2.18. The topological polar surface area (TPSA) is 32.3 Å². The van der Waals surface area contributed by atoms with Crippen LogP contribution >= 0.6 is 0 Å². The minimum atomic E-state index is -0.402. The summed E-state index contributed by atoms with van der Waals surface area (Å²) >= 11 is 0. The Kier molecular flexibility index (Phi) is 5.50. The summed E-state index contributed by atoms with van der Waals surface area (Å²) < 4.78 is 0. The van der Waals surface area contributed by atoms with Gasteiger partial charge in [-0.05, 0) is 31.4 Å². The quantitative estimate of drug-likeness (QED) is 0.774. The third-order valence-electron chi connectivity index (χ3n) is 2.93. The molecule has 0 fully saturated rings. The molecule has 0 aromatic heterocycles. The van der Waals surface area contributed by atoms with Crippen molar-refractivity contribution >= 4 is 0 Å². The first-order valence-corrected chi connectivity index (χ1v) is 6.12. The number of nitrogens with one attached hydrogen (secondary N) is 1. The summed E-state index contributed by atoms with van der Waals surface area (Å²) in [5.74, 6) is 0. The Morgan fingerprint density at radius 3 is 2.62 bits per heavy atom. The molecule has 0 aliphatic heterocycles. The average Bonchev–Trinajstić information content (AvgIpc) is 2.27. The molecule has 0 heterocycles. The first-order valence-electron chi connectivity index (χ1n) is 6.12. The Bertz CT molecular complexity index is 311. The number of hydrogen-bond acceptors (Lipinski definition) is 2. The summed E-state index contributed by atoms with van der Waals surface area (Å²) in [6.45, 7) is 7.00. The van der Waals surface area contributed by atoms with Gasteiger partial charge < -0.3 is 10.4 Å². The highest BCUT2D eigenvalue weighted by Crippen LogP contribution is 2.16. The Morgan fingerprint density at radius 1 is 1.31 bits per heavy atom. The van der Waals surface area contributed by atoms with Crippen molar-refractivity contribution in [1.29, 1.82) is 0 Å². The van der Waals surface area contributed by atoms with Crippen LogP contribution in [0.3, 0.4) is 0 Å². The molecule has 0 saturated heterocycles. The van der Waals surface area contributed by atoms with Crippen molar-refractivity contribution in [3.63, 3.8) is 0 Å². The van der Waals surface area contributed by atoms with E-state index in [0.717, 1.165) is 17.5 Å². The van der Waals surface area contributed by atoms with Crippen LogP contribution in [0.5, 0.6) is 0 Å². The van der Waals surface area contributed by atoms with Gasteiger partial charge in [0.05, 0.1) is 6.10 Å². The van der Waals surface area contributed by atoms with Crippen LogP contribution in [-0.2, 0) is 0 Å². The maximum Gasteiger partial charge on any atom is 0.0917 e. The third kappa shape index (κ3) is 3.95. The molecule has 0 aliphatic carbocycles. The van der Waals surface area contributed by atoms with Gasteiger partial charge in [-0.3, -0.25) is 0 Å². The molecule has 0 spiro atoms. The number of aliphatic hydroxyl groups excluding tert-OH is 1. The monoisotopic (exact) mass is 221 g/mol. The molecule has 0 bridgehead atoms. The Morgan fingerprint density at radius 2 is 2.00 bits per heavy atom. The molecule has 2 unspecified atom stereocenters. The fraction of sp³-hybridized carbons (Fsp3) is 0.571. The standard InChI is InChI=1S/C14H23NO/c1-4-7-12(3)15-10-14(16)13-9-6-5-8-11(13)2/h5-6,8-9,12,14-16H,4,7,10H2,1-3H3. The summed E-state index contributed by atoms with van der Waals surface area (Å²) in [5, 5.41) is 13.4. The largest absolute Gasteiger partial charge is 0.387 e. The van der Waals surface area contributed by atoms with E-state index in [1.165, 1.54) is 6.42 Å². The van der Waals surface area contributed by atoms with Crippen LogP contribution in [0.25, 0.3) is 0 Å². The molecule has 0 saturated carbocycles. The maximum atomic E-state index is 10.1. The van der Waals surface area contributed by atoms with Gasteiger partial charge in [0.2, 0.25) is 0 Å². The first kappa shape index (κ1) is 13.2. The Labute approximate surface area is 98.7 Å². The SMILES string of the molecule is CCCC(C)NCC(O)c1ccccc1C. The fourth-order valence-electron chi connectivity index (χ4n) is 1.92. The number of benzene rings is 1. The van der Waals surface area contributed by atoms with Crippen molar-refractivity contribution in [3.8, 4) is 0 Å². The van der Waals surface area contributed by atoms with E-state index in [-0.39, 0.29) is 0 Å². The second kappa shape index (κ2) is 6.66. The summed E-state index contributed by atoms with van der Waals surface area (Å²) in [7, 11) is 0. The van der Waals surface area contributed by atoms with Crippen molar-refractivity contribution in [1.82, 2.24) is 5.32 Å². The second-order valence-electron chi connectivity index (χ2n) is 4.47. The minimum Gasteiger partial charge on any atom is -0.387 e. The predicted molar refractivity (Wildman–Crippen MR) is 68.5 cm³/mol. The molecule has 2 nitrogen and oxygen atoms in total. The molecule has 1 aromatic rings. The molecule has 0 amide bonds. The molecular weight excluding hydrogens is 198 g/mol. The van der Waals surface area contributed by atoms with E-state index in [2.05, 4.69) is 19.2 Å². The van der Waals surface area contributed by atoms with E-state index in [9.17, 15) is 5.11 Å². The lowest BCUT2D eigenvalue weighted by atomic mass is 10.0. The molecule has 1 aromatic carbocycles. The zero-order valence-electron chi connectivity index (χ0n) is 10.5. The summed E-state index contributed by atoms with van der Waals surface area (Å²) in [4.78, 5) is 0. The smallest absolute Gasteiger partial charge is 0.0917 e. The van der Waals surface area contributed by atoms with Crippen molar-refractivity contribution in [2.24, 2.45) is 0 Å². The van der Waals surface area contributed by atoms with Crippen LogP contribution in [0, 0.1) is 6.92 Å². The van der Waals surface area contributed by atoms with Gasteiger partial charge in [-0.25, -0.2) is 0 Å². The van der Waals surface area contributed by atoms with Crippen molar-refractivity contribution in [3.05, 3.63) is 35.4 Å². The molecule has 0 aliphatic rings. The predicted octanol–water partition coefficient (Wildman–Crippen LogP) is 2.81. The molecule has 2 N–H and O–H groups in total. The second-order valence-corrected chi connectivity index (χ2v) is 4.47. The van der Waals surface area contributed by atoms with Crippen LogP contribution in [0.4, 0.5) is 0 Å². The molecule has 2 heteroatoms. The molecule has 16 heavy (non-hydrogen) atoms. The van der Waals surface area contributed by atoms with Crippen LogP contribution < -0.4 is 5.32 Å². The minimum absolute atomic E-state index is 0.402. The Hall–Kier alpha value is -0.860. The highest BCUT2D eigenvalue weighted by atomic mass is 16.3. The van der Waals surface area contributed by atoms with Crippen molar-refractivity contribution in [2.75, 3.05) is 6.54 Å². The Balaban J connectivity index is 2.46. The first-order chi connectivity index (χ1) is 7.65. The maximum absolute atomic E-state index is 10.1. The highest BCUT2D eigenvalue weighted by molar-refractivity contribution is 5.27. The average molecular weight is 221 g/mol. The fourth-order valence-corrected chi connectivity index (χ4v) is 1.92. The van der Waals surface area contributed by atoms with E-state index < -0.39 is 6.10 Å². The lowest BCUT2D eigenvalue weighted by molar-refractivity contribution is 0.169. The van der Waals surface area contributed by atoms with E-state index in [0.29, 0.717) is 12.6 Å². The van der Waals surface area contributed by atoms with Crippen LogP contribution in [0.2, 0.25) is 0 Å². The van der Waals surface area contributed by atoms with Gasteiger partial charge in [-0.2, -0.15) is 0 Å². The van der Waals surface area contributed by atoms with Gasteiger partial charge in [-0.1, -0.05) is 37.6 Å². The highest BCUT2D eigenvalue weighted by Gasteiger charge is 2.10. The van der Waals surface area contributed by atoms with Gasteiger partial charge in [0, 0.05) is 12.6 Å². The van der Waals surface area contributed by atoms with E-state index >= 15 is 0 Å². The summed E-state index contributed by atoms with van der Waals surface area (Å²) in [6, 6.07) is 8.48. The van der Waals surface area contributed by atoms with E-state index in [1.54, 1.807) is 0 Å². The molecular formula is C14H23NO. The van der Waals surface area contributed by atoms with Crippen molar-refractivity contribution < 1.29 is 5.11 Å². The molecule has 90 valence electrons. The lowest BCUT2D eigenvalue weighted by Crippen LogP contribution is -2.30. The van der Waals surface area contributed by atoms with Crippen LogP contribution in [-0.4, -0.2) is 17.7 Å². The van der Waals surface area contributed by atoms with Crippen LogP contribution in [0.1, 0.15) is 43.9 Å². The van der Waals surface area contributed by atoms with Gasteiger partial charge in [0.15, 0.2) is 0 Å². The molecule has 1 rings (SSSR count). The molecule has 0 radical (unpaired) electrons. The van der Waals surface area contributed by atoms with Gasteiger partial charge in [0.25, 0.3) is 0 Å². The van der Waals surface area contributed by atoms with Gasteiger partial charge in [-0.15, -0.1) is 0 Å². The third-order valence-corrected chi connectivity index (χ3v) is 2.93. The lowest BCUT2D eigenvalue weighted by Gasteiger charge is -2.18. The molecule has 2 atom stereocenters. The number of aliphatic hydroxyl groups is 1. The van der Waals surface area contributed by atoms with E-state index in [1.807, 2.05) is 31.2 Å². The van der Waals surface area contributed by atoms with Gasteiger partial charge in [0.1, 0.15) is 0 Å².